The lowest BCUT2D eigenvalue weighted by atomic mass is 9.96. The molecule has 1 N–H and O–H groups in total. The zero-order valence-corrected chi connectivity index (χ0v) is 18.3. The number of aryl methyl sites for hydroxylation is 1. The number of likely N-dealkylation sites (tertiary alicyclic amines) is 1. The maximum Gasteiger partial charge on any atom is 0.228 e. The minimum Gasteiger partial charge on any atom is -0.326 e. The molecular formula is C25H32N4O. The number of nitrogens with zero attached hydrogens (tertiary/aromatic N) is 3. The predicted octanol–water partition coefficient (Wildman–Crippen LogP) is 5.03. The average Bonchev–Trinajstić information content (AvgIpc) is 3.12. The van der Waals surface area contributed by atoms with Crippen LogP contribution in [0.3, 0.4) is 0 Å². The quantitative estimate of drug-likeness (QED) is 0.627. The van der Waals surface area contributed by atoms with Crippen molar-refractivity contribution in [1.82, 2.24) is 14.5 Å². The van der Waals surface area contributed by atoms with Gasteiger partial charge in [0.25, 0.3) is 0 Å². The number of benzene rings is 2. The van der Waals surface area contributed by atoms with Crippen molar-refractivity contribution in [2.45, 2.75) is 52.6 Å². The van der Waals surface area contributed by atoms with Gasteiger partial charge in [-0.05, 0) is 63.4 Å². The lowest BCUT2D eigenvalue weighted by Crippen LogP contribution is -2.40. The number of carbonyl (C=O) groups is 1. The molecule has 2 heterocycles. The Kier molecular flexibility index (Phi) is 6.18. The van der Waals surface area contributed by atoms with Gasteiger partial charge in [-0.3, -0.25) is 9.69 Å². The number of piperidine rings is 1. The molecule has 3 aromatic rings. The largest absolute Gasteiger partial charge is 0.326 e. The molecule has 1 aliphatic heterocycles. The third kappa shape index (κ3) is 4.26. The molecule has 5 nitrogen and oxygen atoms in total. The monoisotopic (exact) mass is 404 g/mol. The van der Waals surface area contributed by atoms with E-state index in [-0.39, 0.29) is 11.8 Å². The van der Waals surface area contributed by atoms with Gasteiger partial charge in [-0.25, -0.2) is 4.98 Å². The molecule has 1 atom stereocenters. The molecule has 0 radical (unpaired) electrons. The summed E-state index contributed by atoms with van der Waals surface area (Å²) in [5, 5.41) is 3.18. The summed E-state index contributed by atoms with van der Waals surface area (Å²) < 4.78 is 2.33. The maximum atomic E-state index is 13.0. The molecule has 1 aliphatic rings. The molecule has 1 aromatic heterocycles. The summed E-state index contributed by atoms with van der Waals surface area (Å²) in [6.07, 6.45) is 2.89. The van der Waals surface area contributed by atoms with E-state index in [1.165, 1.54) is 11.1 Å². The van der Waals surface area contributed by atoms with E-state index in [1.807, 2.05) is 24.3 Å². The van der Waals surface area contributed by atoms with Gasteiger partial charge in [0.2, 0.25) is 5.91 Å². The summed E-state index contributed by atoms with van der Waals surface area (Å²) in [6.45, 7) is 9.10. The highest BCUT2D eigenvalue weighted by Gasteiger charge is 2.27. The number of carbonyl (C=O) groups excluding carboxylic acids is 1. The van der Waals surface area contributed by atoms with E-state index in [1.54, 1.807) is 0 Å². The predicted molar refractivity (Wildman–Crippen MR) is 123 cm³/mol. The summed E-state index contributed by atoms with van der Waals surface area (Å²) in [7, 11) is 0. The molecule has 1 fully saturated rings. The van der Waals surface area contributed by atoms with E-state index in [2.05, 4.69) is 59.8 Å². The number of rotatable bonds is 6. The standard InChI is InChI=1S/C25H32N4O/c1-4-19-10-5-6-12-21(19)27-25(30)20-11-9-15-28(16-20)17-24-26-22-13-7-8-14-23(22)29(24)18(2)3/h5-8,10,12-14,18,20H,4,9,11,15-17H2,1-3H3,(H,27,30)/t20-/m0/s1. The van der Waals surface area contributed by atoms with Crippen molar-refractivity contribution in [2.24, 2.45) is 5.92 Å². The first-order chi connectivity index (χ1) is 14.6. The van der Waals surface area contributed by atoms with Crippen LogP contribution in [0.1, 0.15) is 51.0 Å². The van der Waals surface area contributed by atoms with Gasteiger partial charge in [0.05, 0.1) is 23.5 Å². The summed E-state index contributed by atoms with van der Waals surface area (Å²) in [5.41, 5.74) is 4.36. The van der Waals surface area contributed by atoms with Crippen molar-refractivity contribution >= 4 is 22.6 Å². The van der Waals surface area contributed by atoms with E-state index >= 15 is 0 Å². The normalized spacial score (nSPS) is 17.5. The number of para-hydroxylation sites is 3. The number of anilines is 1. The second kappa shape index (κ2) is 9.00. The Balaban J connectivity index is 1.48. The highest BCUT2D eigenvalue weighted by Crippen LogP contribution is 2.25. The van der Waals surface area contributed by atoms with Crippen molar-refractivity contribution in [1.29, 1.82) is 0 Å². The van der Waals surface area contributed by atoms with Crippen molar-refractivity contribution in [3.05, 3.63) is 59.9 Å². The van der Waals surface area contributed by atoms with Crippen LogP contribution in [0, 0.1) is 5.92 Å². The van der Waals surface area contributed by atoms with Crippen molar-refractivity contribution < 1.29 is 4.79 Å². The summed E-state index contributed by atoms with van der Waals surface area (Å²) in [6, 6.07) is 16.8. The van der Waals surface area contributed by atoms with Crippen LogP contribution < -0.4 is 5.32 Å². The fraction of sp³-hybridized carbons (Fsp3) is 0.440. The number of nitrogens with one attached hydrogen (secondary N) is 1. The Bertz CT molecular complexity index is 1020. The Morgan fingerprint density at radius 3 is 2.73 bits per heavy atom. The van der Waals surface area contributed by atoms with Crippen molar-refractivity contribution in [3.63, 3.8) is 0 Å². The zero-order valence-electron chi connectivity index (χ0n) is 18.3. The van der Waals surface area contributed by atoms with Crippen LogP contribution in [0.4, 0.5) is 5.69 Å². The van der Waals surface area contributed by atoms with Crippen LogP contribution in [0.5, 0.6) is 0 Å². The third-order valence-electron chi connectivity index (χ3n) is 6.08. The second-order valence-corrected chi connectivity index (χ2v) is 8.55. The van der Waals surface area contributed by atoms with Gasteiger partial charge < -0.3 is 9.88 Å². The van der Waals surface area contributed by atoms with Crippen LogP contribution in [0.15, 0.2) is 48.5 Å². The summed E-state index contributed by atoms with van der Waals surface area (Å²) in [5.74, 6) is 1.24. The molecule has 2 aromatic carbocycles. The SMILES string of the molecule is CCc1ccccc1NC(=O)[C@H]1CCCN(Cc2nc3ccccc3n2C(C)C)C1. The van der Waals surface area contributed by atoms with Crippen molar-refractivity contribution in [2.75, 3.05) is 18.4 Å². The smallest absolute Gasteiger partial charge is 0.228 e. The van der Waals surface area contributed by atoms with E-state index in [0.717, 1.165) is 55.9 Å². The first kappa shape index (κ1) is 20.6. The van der Waals surface area contributed by atoms with Gasteiger partial charge >= 0.3 is 0 Å². The summed E-state index contributed by atoms with van der Waals surface area (Å²) in [4.78, 5) is 20.3. The molecule has 0 bridgehead atoms. The number of hydrogen-bond acceptors (Lipinski definition) is 3. The molecule has 0 spiro atoms. The Hall–Kier alpha value is -2.66. The lowest BCUT2D eigenvalue weighted by Gasteiger charge is -2.32. The molecule has 1 saturated heterocycles. The van der Waals surface area contributed by atoms with E-state index in [4.69, 9.17) is 4.98 Å². The van der Waals surface area contributed by atoms with Gasteiger partial charge in [-0.15, -0.1) is 0 Å². The fourth-order valence-corrected chi connectivity index (χ4v) is 4.58. The molecule has 0 unspecified atom stereocenters. The number of fused-ring (bicyclic) bond motifs is 1. The Morgan fingerprint density at radius 2 is 1.93 bits per heavy atom. The van der Waals surface area contributed by atoms with Gasteiger partial charge in [-0.1, -0.05) is 37.3 Å². The van der Waals surface area contributed by atoms with E-state index < -0.39 is 0 Å². The van der Waals surface area contributed by atoms with E-state index in [9.17, 15) is 4.79 Å². The third-order valence-corrected chi connectivity index (χ3v) is 6.08. The van der Waals surface area contributed by atoms with Gasteiger partial charge in [0.1, 0.15) is 5.82 Å². The number of imidazole rings is 1. The maximum absolute atomic E-state index is 13.0. The van der Waals surface area contributed by atoms with Crippen LogP contribution in [-0.4, -0.2) is 33.4 Å². The molecule has 158 valence electrons. The molecule has 0 aliphatic carbocycles. The van der Waals surface area contributed by atoms with Gasteiger partial charge in [0.15, 0.2) is 0 Å². The molecule has 5 heteroatoms. The van der Waals surface area contributed by atoms with Gasteiger partial charge in [-0.2, -0.15) is 0 Å². The lowest BCUT2D eigenvalue weighted by molar-refractivity contribution is -0.121. The van der Waals surface area contributed by atoms with E-state index in [0.29, 0.717) is 6.04 Å². The molecule has 30 heavy (non-hydrogen) atoms. The topological polar surface area (TPSA) is 50.2 Å². The number of amides is 1. The second-order valence-electron chi connectivity index (χ2n) is 8.55. The minimum absolute atomic E-state index is 0.0144. The average molecular weight is 405 g/mol. The zero-order chi connectivity index (χ0) is 21.1. The van der Waals surface area contributed by atoms with Crippen LogP contribution in [0.2, 0.25) is 0 Å². The fourth-order valence-electron chi connectivity index (χ4n) is 4.58. The minimum atomic E-state index is 0.0144. The van der Waals surface area contributed by atoms with Crippen LogP contribution >= 0.6 is 0 Å². The van der Waals surface area contributed by atoms with Gasteiger partial charge in [0, 0.05) is 18.3 Å². The molecule has 4 rings (SSSR count). The first-order valence-electron chi connectivity index (χ1n) is 11.1. The highest BCUT2D eigenvalue weighted by molar-refractivity contribution is 5.93. The first-order valence-corrected chi connectivity index (χ1v) is 11.1. The highest BCUT2D eigenvalue weighted by atomic mass is 16.1. The van der Waals surface area contributed by atoms with Crippen LogP contribution in [0.25, 0.3) is 11.0 Å². The molecular weight excluding hydrogens is 372 g/mol. The molecule has 1 amide bonds. The molecule has 0 saturated carbocycles. The van der Waals surface area contributed by atoms with Crippen LogP contribution in [-0.2, 0) is 17.8 Å². The number of aromatic nitrogens is 2. The van der Waals surface area contributed by atoms with Crippen molar-refractivity contribution in [3.8, 4) is 0 Å². The Labute approximate surface area is 179 Å². The Morgan fingerprint density at radius 1 is 1.17 bits per heavy atom. The summed E-state index contributed by atoms with van der Waals surface area (Å²) >= 11 is 0. The number of hydrogen-bond donors (Lipinski definition) is 1.